The van der Waals surface area contributed by atoms with Crippen molar-refractivity contribution in [3.05, 3.63) is 54.7 Å². The molecule has 5 nitrogen and oxygen atoms in total. The second-order valence-electron chi connectivity index (χ2n) is 9.81. The van der Waals surface area contributed by atoms with Gasteiger partial charge < -0.3 is 16.4 Å². The van der Waals surface area contributed by atoms with Gasteiger partial charge >= 0.3 is 0 Å². The molecule has 2 bridgehead atoms. The van der Waals surface area contributed by atoms with Gasteiger partial charge in [-0.2, -0.15) is 0 Å². The van der Waals surface area contributed by atoms with Crippen LogP contribution in [0.15, 0.2) is 49.2 Å². The Bertz CT molecular complexity index is 972. The van der Waals surface area contributed by atoms with Gasteiger partial charge in [-0.05, 0) is 74.0 Å². The minimum absolute atomic E-state index is 0.108. The van der Waals surface area contributed by atoms with E-state index in [-0.39, 0.29) is 18.1 Å². The number of fused-ring (bicyclic) bond motifs is 4. The summed E-state index contributed by atoms with van der Waals surface area (Å²) in [5.74, 6) is 1.30. The van der Waals surface area contributed by atoms with Gasteiger partial charge in [0.15, 0.2) is 5.11 Å². The Kier molecular flexibility index (Phi) is 6.44. The predicted octanol–water partition coefficient (Wildman–Crippen LogP) is 3.91. The average Bonchev–Trinajstić information content (AvgIpc) is 2.84. The van der Waals surface area contributed by atoms with Crippen LogP contribution in [0.1, 0.15) is 50.1 Å². The van der Waals surface area contributed by atoms with Crippen LogP contribution in [0.5, 0.6) is 0 Å². The molecule has 0 spiro atoms. The van der Waals surface area contributed by atoms with Gasteiger partial charge in [0.25, 0.3) is 0 Å². The van der Waals surface area contributed by atoms with Crippen LogP contribution in [0.25, 0.3) is 10.9 Å². The van der Waals surface area contributed by atoms with Gasteiger partial charge in [-0.3, -0.25) is 9.88 Å². The Morgan fingerprint density at radius 3 is 2.84 bits per heavy atom. The number of nitrogens with two attached hydrogens (primary N) is 1. The van der Waals surface area contributed by atoms with Crippen LogP contribution in [0.4, 0.5) is 0 Å². The van der Waals surface area contributed by atoms with E-state index in [0.29, 0.717) is 17.9 Å². The first-order valence-corrected chi connectivity index (χ1v) is 12.6. The number of rotatable bonds is 5. The van der Waals surface area contributed by atoms with E-state index in [0.717, 1.165) is 43.0 Å². The van der Waals surface area contributed by atoms with Crippen LogP contribution < -0.4 is 16.4 Å². The number of hydrogen-bond donors (Lipinski definition) is 3. The molecule has 4 aliphatic rings. The summed E-state index contributed by atoms with van der Waals surface area (Å²) >= 11 is 5.86. The molecule has 7 atom stereocenters. The Labute approximate surface area is 196 Å². The molecule has 32 heavy (non-hydrogen) atoms. The van der Waals surface area contributed by atoms with Crippen LogP contribution in [-0.2, 0) is 0 Å². The lowest BCUT2D eigenvalue weighted by Gasteiger charge is -2.52. The van der Waals surface area contributed by atoms with Crippen molar-refractivity contribution in [1.82, 2.24) is 20.5 Å². The summed E-state index contributed by atoms with van der Waals surface area (Å²) in [6, 6.07) is 11.5. The highest BCUT2D eigenvalue weighted by Gasteiger charge is 2.43. The normalized spacial score (nSPS) is 32.9. The third-order valence-corrected chi connectivity index (χ3v) is 8.21. The van der Waals surface area contributed by atoms with E-state index in [2.05, 4.69) is 63.5 Å². The van der Waals surface area contributed by atoms with Crippen LogP contribution in [-0.4, -0.2) is 46.2 Å². The molecule has 6 heteroatoms. The van der Waals surface area contributed by atoms with Crippen molar-refractivity contribution in [2.45, 2.75) is 62.7 Å². The minimum atomic E-state index is 0.108. The summed E-state index contributed by atoms with van der Waals surface area (Å²) in [5.41, 5.74) is 8.70. The first-order chi connectivity index (χ1) is 15.6. The van der Waals surface area contributed by atoms with Gasteiger partial charge in [0.05, 0.1) is 11.6 Å². The highest BCUT2D eigenvalue weighted by molar-refractivity contribution is 7.80. The molecule has 3 saturated heterocycles. The summed E-state index contributed by atoms with van der Waals surface area (Å²) in [4.78, 5) is 7.25. The zero-order valence-electron chi connectivity index (χ0n) is 18.7. The molecule has 6 rings (SSSR count). The molecule has 1 aromatic heterocycles. The Balaban J connectivity index is 1.44. The van der Waals surface area contributed by atoms with E-state index in [4.69, 9.17) is 18.0 Å². The van der Waals surface area contributed by atoms with Crippen LogP contribution in [0.3, 0.4) is 0 Å². The number of hydrogen-bond acceptors (Lipinski definition) is 4. The third-order valence-electron chi connectivity index (χ3n) is 7.98. The van der Waals surface area contributed by atoms with Crippen LogP contribution >= 0.6 is 12.2 Å². The van der Waals surface area contributed by atoms with E-state index >= 15 is 0 Å². The first kappa shape index (κ1) is 21.8. The molecule has 4 fully saturated rings. The fraction of sp³-hybridized carbons (Fsp3) is 0.538. The van der Waals surface area contributed by atoms with Gasteiger partial charge in [0, 0.05) is 36.3 Å². The average molecular weight is 450 g/mol. The molecule has 4 heterocycles. The second-order valence-corrected chi connectivity index (χ2v) is 10.2. The monoisotopic (exact) mass is 449 g/mol. The van der Waals surface area contributed by atoms with Gasteiger partial charge in [0.1, 0.15) is 0 Å². The summed E-state index contributed by atoms with van der Waals surface area (Å²) in [6.45, 7) is 6.34. The van der Waals surface area contributed by atoms with E-state index in [1.165, 1.54) is 30.2 Å². The molecule has 4 N–H and O–H groups in total. The van der Waals surface area contributed by atoms with Crippen molar-refractivity contribution in [1.29, 1.82) is 0 Å². The number of benzene rings is 1. The fourth-order valence-electron chi connectivity index (χ4n) is 6.18. The third kappa shape index (κ3) is 4.28. The number of thiocarbonyl (C=S) groups is 1. The van der Waals surface area contributed by atoms with E-state index < -0.39 is 0 Å². The SMILES string of the molecule is C=CC1CN2CCC1CC2C(NC(=S)NC1CCCCC1N)c1ccnc2ccccc12. The Morgan fingerprint density at radius 1 is 1.22 bits per heavy atom. The first-order valence-electron chi connectivity index (χ1n) is 12.2. The quantitative estimate of drug-likeness (QED) is 0.475. The van der Waals surface area contributed by atoms with Crippen LogP contribution in [0, 0.1) is 11.8 Å². The maximum Gasteiger partial charge on any atom is 0.167 e. The van der Waals surface area contributed by atoms with Gasteiger partial charge in [0.2, 0.25) is 0 Å². The van der Waals surface area contributed by atoms with Gasteiger partial charge in [-0.25, -0.2) is 0 Å². The van der Waals surface area contributed by atoms with E-state index in [9.17, 15) is 0 Å². The molecule has 2 aromatic rings. The van der Waals surface area contributed by atoms with E-state index in [1.807, 2.05) is 6.20 Å². The lowest BCUT2D eigenvalue weighted by Crippen LogP contribution is -2.59. The van der Waals surface area contributed by atoms with Gasteiger partial charge in [-0.1, -0.05) is 37.1 Å². The number of nitrogens with zero attached hydrogens (tertiary/aromatic N) is 2. The van der Waals surface area contributed by atoms with Crippen molar-refractivity contribution < 1.29 is 0 Å². The molecule has 1 aromatic carbocycles. The highest BCUT2D eigenvalue weighted by atomic mass is 32.1. The molecular formula is C26H35N5S. The van der Waals surface area contributed by atoms with Gasteiger partial charge in [-0.15, -0.1) is 6.58 Å². The maximum absolute atomic E-state index is 6.39. The summed E-state index contributed by atoms with van der Waals surface area (Å²) in [7, 11) is 0. The van der Waals surface area contributed by atoms with Crippen molar-refractivity contribution >= 4 is 28.2 Å². The number of nitrogens with one attached hydrogen (secondary N) is 2. The summed E-state index contributed by atoms with van der Waals surface area (Å²) in [6.07, 6.45) is 11.1. The smallest absolute Gasteiger partial charge is 0.167 e. The molecule has 170 valence electrons. The summed E-state index contributed by atoms with van der Waals surface area (Å²) < 4.78 is 0. The predicted molar refractivity (Wildman–Crippen MR) is 135 cm³/mol. The van der Waals surface area contributed by atoms with Crippen molar-refractivity contribution in [3.63, 3.8) is 0 Å². The molecule has 3 aliphatic heterocycles. The molecular weight excluding hydrogens is 414 g/mol. The highest BCUT2D eigenvalue weighted by Crippen LogP contribution is 2.42. The lowest BCUT2D eigenvalue weighted by atomic mass is 9.73. The van der Waals surface area contributed by atoms with Crippen molar-refractivity contribution in [2.75, 3.05) is 13.1 Å². The zero-order valence-corrected chi connectivity index (χ0v) is 19.6. The van der Waals surface area contributed by atoms with Crippen LogP contribution in [0.2, 0.25) is 0 Å². The number of para-hydroxylation sites is 1. The topological polar surface area (TPSA) is 66.2 Å². The fourth-order valence-corrected chi connectivity index (χ4v) is 6.46. The molecule has 7 unspecified atom stereocenters. The molecule has 0 radical (unpaired) electrons. The largest absolute Gasteiger partial charge is 0.358 e. The Hall–Kier alpha value is -2.02. The van der Waals surface area contributed by atoms with E-state index in [1.54, 1.807) is 0 Å². The zero-order chi connectivity index (χ0) is 22.1. The molecule has 1 aliphatic carbocycles. The van der Waals surface area contributed by atoms with Crippen molar-refractivity contribution in [3.8, 4) is 0 Å². The number of piperidine rings is 3. The lowest BCUT2D eigenvalue weighted by molar-refractivity contribution is 0.00426. The van der Waals surface area contributed by atoms with Crippen molar-refractivity contribution in [2.24, 2.45) is 17.6 Å². The molecule has 0 amide bonds. The molecule has 1 saturated carbocycles. The maximum atomic E-state index is 6.39. The number of pyridine rings is 1. The minimum Gasteiger partial charge on any atom is -0.358 e. The Morgan fingerprint density at radius 2 is 2.06 bits per heavy atom. The standard InChI is InChI=1S/C26H35N5S/c1-2-17-16-31-14-12-18(17)15-24(31)25(20-11-13-28-22-9-5-3-7-19(20)22)30-26(32)29-23-10-6-4-8-21(23)27/h2-3,5,7,9,11,13,17-18,21,23-25H,1,4,6,8,10,12,14-16,27H2,(H2,29,30,32). The number of aromatic nitrogens is 1. The second kappa shape index (κ2) is 9.46. The summed E-state index contributed by atoms with van der Waals surface area (Å²) in [5, 5.41) is 9.24.